The zero-order valence-corrected chi connectivity index (χ0v) is 10.7. The summed E-state index contributed by atoms with van der Waals surface area (Å²) in [6.07, 6.45) is 7.69. The van der Waals surface area contributed by atoms with E-state index in [1.807, 2.05) is 17.8 Å². The molecule has 0 bridgehead atoms. The molecule has 3 heteroatoms. The number of hydrogen-bond donors (Lipinski definition) is 1. The molecule has 0 aliphatic heterocycles. The summed E-state index contributed by atoms with van der Waals surface area (Å²) in [6, 6.07) is 8.43. The quantitative estimate of drug-likeness (QED) is 0.898. The van der Waals surface area contributed by atoms with Gasteiger partial charge in [0.05, 0.1) is 6.04 Å². The van der Waals surface area contributed by atoms with E-state index < -0.39 is 0 Å². The smallest absolute Gasteiger partial charge is 0.129 e. The van der Waals surface area contributed by atoms with E-state index in [9.17, 15) is 0 Å². The number of hydrogen-bond acceptors (Lipinski definition) is 2. The minimum atomic E-state index is -0.123. The molecule has 18 heavy (non-hydrogen) atoms. The van der Waals surface area contributed by atoms with Gasteiger partial charge in [0.15, 0.2) is 0 Å². The lowest BCUT2D eigenvalue weighted by molar-refractivity contribution is 0.416. The van der Waals surface area contributed by atoms with E-state index in [0.717, 1.165) is 5.82 Å². The minimum Gasteiger partial charge on any atom is -0.336 e. The number of benzene rings is 1. The van der Waals surface area contributed by atoms with E-state index in [0.29, 0.717) is 5.92 Å². The molecule has 1 aromatic heterocycles. The van der Waals surface area contributed by atoms with Crippen LogP contribution in [0.25, 0.3) is 0 Å². The maximum absolute atomic E-state index is 6.40. The number of aryl methyl sites for hydroxylation is 1. The van der Waals surface area contributed by atoms with Crippen molar-refractivity contribution in [2.75, 3.05) is 0 Å². The third-order valence-electron chi connectivity index (χ3n) is 4.01. The van der Waals surface area contributed by atoms with Crippen LogP contribution in [0.15, 0.2) is 36.7 Å². The topological polar surface area (TPSA) is 43.8 Å². The Balaban J connectivity index is 1.98. The van der Waals surface area contributed by atoms with Crippen molar-refractivity contribution in [3.63, 3.8) is 0 Å². The highest BCUT2D eigenvalue weighted by Crippen LogP contribution is 2.39. The monoisotopic (exact) mass is 241 g/mol. The first-order valence-electron chi connectivity index (χ1n) is 6.59. The zero-order valence-electron chi connectivity index (χ0n) is 10.7. The van der Waals surface area contributed by atoms with E-state index >= 15 is 0 Å². The molecule has 1 atom stereocenters. The van der Waals surface area contributed by atoms with Gasteiger partial charge in [0.25, 0.3) is 0 Å². The molecule has 2 aromatic rings. The van der Waals surface area contributed by atoms with Gasteiger partial charge < -0.3 is 10.3 Å². The molecular weight excluding hydrogens is 222 g/mol. The highest BCUT2D eigenvalue weighted by atomic mass is 15.1. The first-order valence-corrected chi connectivity index (χ1v) is 6.59. The molecule has 1 heterocycles. The second-order valence-electron chi connectivity index (χ2n) is 5.13. The maximum Gasteiger partial charge on any atom is 0.129 e. The van der Waals surface area contributed by atoms with E-state index in [2.05, 4.69) is 29.2 Å². The molecular formula is C15H19N3. The summed E-state index contributed by atoms with van der Waals surface area (Å²) in [6.45, 7) is 0. The highest BCUT2D eigenvalue weighted by molar-refractivity contribution is 5.36. The summed E-state index contributed by atoms with van der Waals surface area (Å²) in [7, 11) is 1.99. The molecule has 94 valence electrons. The summed E-state index contributed by atoms with van der Waals surface area (Å²) < 4.78 is 2.00. The van der Waals surface area contributed by atoms with Crippen molar-refractivity contribution in [2.24, 2.45) is 12.8 Å². The third kappa shape index (κ3) is 1.85. The summed E-state index contributed by atoms with van der Waals surface area (Å²) in [5, 5.41) is 0. The van der Waals surface area contributed by atoms with Crippen LogP contribution in [0.5, 0.6) is 0 Å². The molecule has 1 aliphatic rings. The molecule has 0 spiro atoms. The van der Waals surface area contributed by atoms with Crippen molar-refractivity contribution in [3.05, 3.63) is 53.6 Å². The van der Waals surface area contributed by atoms with Crippen molar-refractivity contribution in [1.29, 1.82) is 0 Å². The van der Waals surface area contributed by atoms with Crippen LogP contribution in [-0.4, -0.2) is 9.55 Å². The summed E-state index contributed by atoms with van der Waals surface area (Å²) in [4.78, 5) is 4.37. The Labute approximate surface area is 108 Å². The van der Waals surface area contributed by atoms with Gasteiger partial charge in [0.2, 0.25) is 0 Å². The van der Waals surface area contributed by atoms with E-state index in [1.165, 1.54) is 30.4 Å². The normalized spacial score (nSPS) is 17.4. The molecule has 1 saturated carbocycles. The SMILES string of the molecule is Cn1ccnc1C(N)c1ccccc1C1CCC1. The van der Waals surface area contributed by atoms with Gasteiger partial charge in [-0.15, -0.1) is 0 Å². The first kappa shape index (κ1) is 11.5. The Bertz CT molecular complexity index is 540. The van der Waals surface area contributed by atoms with Crippen molar-refractivity contribution in [2.45, 2.75) is 31.2 Å². The van der Waals surface area contributed by atoms with Crippen LogP contribution in [-0.2, 0) is 7.05 Å². The molecule has 0 radical (unpaired) electrons. The summed E-state index contributed by atoms with van der Waals surface area (Å²) >= 11 is 0. The fraction of sp³-hybridized carbons (Fsp3) is 0.400. The standard InChI is InChI=1S/C15H19N3/c1-18-10-9-17-15(18)14(16)13-8-3-2-7-12(13)11-5-4-6-11/h2-3,7-11,14H,4-6,16H2,1H3. The molecule has 0 amide bonds. The van der Waals surface area contributed by atoms with Crippen molar-refractivity contribution < 1.29 is 0 Å². The van der Waals surface area contributed by atoms with E-state index in [1.54, 1.807) is 6.20 Å². The Morgan fingerprint density at radius 2 is 2.11 bits per heavy atom. The molecule has 1 fully saturated rings. The van der Waals surface area contributed by atoms with Crippen LogP contribution in [0.1, 0.15) is 48.2 Å². The van der Waals surface area contributed by atoms with Crippen molar-refractivity contribution >= 4 is 0 Å². The number of nitrogens with zero attached hydrogens (tertiary/aromatic N) is 2. The van der Waals surface area contributed by atoms with Crippen LogP contribution in [0.2, 0.25) is 0 Å². The van der Waals surface area contributed by atoms with E-state index in [4.69, 9.17) is 5.73 Å². The zero-order chi connectivity index (χ0) is 12.5. The van der Waals surface area contributed by atoms with Gasteiger partial charge in [-0.2, -0.15) is 0 Å². The van der Waals surface area contributed by atoms with Crippen LogP contribution in [0.4, 0.5) is 0 Å². The average Bonchev–Trinajstić information content (AvgIpc) is 2.73. The lowest BCUT2D eigenvalue weighted by atomic mass is 9.77. The Morgan fingerprint density at radius 3 is 2.72 bits per heavy atom. The van der Waals surface area contributed by atoms with Gasteiger partial charge >= 0.3 is 0 Å². The fourth-order valence-corrected chi connectivity index (χ4v) is 2.70. The van der Waals surface area contributed by atoms with Crippen LogP contribution < -0.4 is 5.73 Å². The van der Waals surface area contributed by atoms with Gasteiger partial charge in [0.1, 0.15) is 5.82 Å². The number of rotatable bonds is 3. The molecule has 2 N–H and O–H groups in total. The molecule has 3 nitrogen and oxygen atoms in total. The van der Waals surface area contributed by atoms with Gasteiger partial charge in [-0.05, 0) is 29.9 Å². The Morgan fingerprint density at radius 1 is 1.33 bits per heavy atom. The van der Waals surface area contributed by atoms with Crippen LogP contribution in [0, 0.1) is 0 Å². The second-order valence-corrected chi connectivity index (χ2v) is 5.13. The molecule has 1 unspecified atom stereocenters. The van der Waals surface area contributed by atoms with Crippen molar-refractivity contribution in [3.8, 4) is 0 Å². The van der Waals surface area contributed by atoms with Gasteiger partial charge in [-0.1, -0.05) is 30.7 Å². The molecule has 3 rings (SSSR count). The largest absolute Gasteiger partial charge is 0.336 e. The summed E-state index contributed by atoms with van der Waals surface area (Å²) in [5.41, 5.74) is 9.04. The average molecular weight is 241 g/mol. The Hall–Kier alpha value is -1.61. The molecule has 1 aliphatic carbocycles. The van der Waals surface area contributed by atoms with Crippen LogP contribution >= 0.6 is 0 Å². The summed E-state index contributed by atoms with van der Waals surface area (Å²) in [5.74, 6) is 1.63. The highest BCUT2D eigenvalue weighted by Gasteiger charge is 2.25. The predicted molar refractivity (Wildman–Crippen MR) is 72.3 cm³/mol. The lowest BCUT2D eigenvalue weighted by Gasteiger charge is -2.29. The lowest BCUT2D eigenvalue weighted by Crippen LogP contribution is -2.20. The molecule has 0 saturated heterocycles. The van der Waals surface area contributed by atoms with Gasteiger partial charge in [0, 0.05) is 19.4 Å². The van der Waals surface area contributed by atoms with Gasteiger partial charge in [-0.25, -0.2) is 4.98 Å². The maximum atomic E-state index is 6.40. The first-order chi connectivity index (χ1) is 8.77. The van der Waals surface area contributed by atoms with Crippen LogP contribution in [0.3, 0.4) is 0 Å². The minimum absolute atomic E-state index is 0.123. The van der Waals surface area contributed by atoms with Gasteiger partial charge in [-0.3, -0.25) is 0 Å². The number of imidazole rings is 1. The molecule has 1 aromatic carbocycles. The predicted octanol–water partition coefficient (Wildman–Crippen LogP) is 2.74. The fourth-order valence-electron chi connectivity index (χ4n) is 2.70. The number of aromatic nitrogens is 2. The number of nitrogens with two attached hydrogens (primary N) is 1. The Kier molecular flexibility index (Phi) is 2.92. The van der Waals surface area contributed by atoms with Crippen molar-refractivity contribution in [1.82, 2.24) is 9.55 Å². The second kappa shape index (κ2) is 4.58. The van der Waals surface area contributed by atoms with E-state index in [-0.39, 0.29) is 6.04 Å². The third-order valence-corrected chi connectivity index (χ3v) is 4.01.